The summed E-state index contributed by atoms with van der Waals surface area (Å²) in [5.41, 5.74) is -1.07. The summed E-state index contributed by atoms with van der Waals surface area (Å²) in [5.74, 6) is 0.412. The number of rotatable bonds is 8. The molecule has 0 aromatic heterocycles. The van der Waals surface area contributed by atoms with Crippen LogP contribution >= 0.6 is 0 Å². The Kier molecular flexibility index (Phi) is 5.16. The van der Waals surface area contributed by atoms with Crippen molar-refractivity contribution in [2.24, 2.45) is 22.7 Å². The summed E-state index contributed by atoms with van der Waals surface area (Å²) in [6.45, 7) is 4.74. The molecule has 6 heteroatoms. The van der Waals surface area contributed by atoms with Gasteiger partial charge in [-0.05, 0) is 64.2 Å². The lowest BCUT2D eigenvalue weighted by Crippen LogP contribution is -2.58. The summed E-state index contributed by atoms with van der Waals surface area (Å²) in [6, 6.07) is 0. The van der Waals surface area contributed by atoms with Crippen LogP contribution in [0.5, 0.6) is 0 Å². The van der Waals surface area contributed by atoms with E-state index in [4.69, 9.17) is 18.9 Å². The fourth-order valence-corrected chi connectivity index (χ4v) is 5.40. The lowest BCUT2D eigenvalue weighted by Gasteiger charge is -2.59. The van der Waals surface area contributed by atoms with Crippen molar-refractivity contribution in [1.29, 1.82) is 0 Å². The van der Waals surface area contributed by atoms with Crippen molar-refractivity contribution >= 4 is 11.9 Å². The van der Waals surface area contributed by atoms with E-state index in [0.29, 0.717) is 31.5 Å². The highest BCUT2D eigenvalue weighted by molar-refractivity contribution is 5.83. The first kappa shape index (κ1) is 17.7. The third-order valence-corrected chi connectivity index (χ3v) is 5.88. The van der Waals surface area contributed by atoms with Gasteiger partial charge in [-0.2, -0.15) is 0 Å². The lowest BCUT2D eigenvalue weighted by atomic mass is 9.44. The van der Waals surface area contributed by atoms with Gasteiger partial charge in [0.25, 0.3) is 0 Å². The van der Waals surface area contributed by atoms with Crippen LogP contribution in [-0.2, 0) is 28.5 Å². The molecule has 0 spiro atoms. The van der Waals surface area contributed by atoms with Crippen LogP contribution in [0.1, 0.15) is 52.4 Å². The second-order valence-electron chi connectivity index (χ2n) is 7.61. The zero-order valence-electron chi connectivity index (χ0n) is 14.7. The van der Waals surface area contributed by atoms with E-state index in [1.807, 2.05) is 13.8 Å². The first-order valence-electron chi connectivity index (χ1n) is 9.03. The van der Waals surface area contributed by atoms with Gasteiger partial charge in [0.1, 0.15) is 0 Å². The van der Waals surface area contributed by atoms with E-state index in [9.17, 15) is 9.59 Å². The highest BCUT2D eigenvalue weighted by Crippen LogP contribution is 2.65. The molecule has 0 N–H and O–H groups in total. The number of hydrogen-bond donors (Lipinski definition) is 0. The van der Waals surface area contributed by atoms with Crippen molar-refractivity contribution < 1.29 is 28.5 Å². The zero-order chi connectivity index (χ0) is 17.2. The molecule has 4 aliphatic carbocycles. The zero-order valence-corrected chi connectivity index (χ0v) is 14.7. The molecule has 136 valence electrons. The molecule has 0 radical (unpaired) electrons. The molecule has 0 heterocycles. The molecule has 4 fully saturated rings. The Morgan fingerprint density at radius 3 is 1.62 bits per heavy atom. The molecule has 0 aromatic rings. The molecule has 4 aliphatic rings. The molecule has 0 saturated heterocycles. The summed E-state index contributed by atoms with van der Waals surface area (Å²) in [4.78, 5) is 25.4. The standard InChI is InChI=1S/C18H28O6/c1-3-21-11-23-15(19)17-6-13-5-14(7-17)9-18(8-13,10-17)16(20)24-12-22-4-2/h13-14H,3-12H2,1-2H3. The maximum absolute atomic E-state index is 12.7. The molecule has 0 unspecified atom stereocenters. The van der Waals surface area contributed by atoms with Gasteiger partial charge in [-0.15, -0.1) is 0 Å². The SMILES string of the molecule is CCOCOC(=O)C12CC3CC(C1)CC(C(=O)OCOCC)(C3)C2. The van der Waals surface area contributed by atoms with Gasteiger partial charge in [-0.25, -0.2) is 0 Å². The molecule has 0 atom stereocenters. The Morgan fingerprint density at radius 2 is 1.25 bits per heavy atom. The van der Waals surface area contributed by atoms with Crippen LogP contribution in [-0.4, -0.2) is 38.7 Å². The number of carbonyl (C=O) groups excluding carboxylic acids is 2. The Morgan fingerprint density at radius 1 is 0.833 bits per heavy atom. The van der Waals surface area contributed by atoms with Crippen molar-refractivity contribution in [2.75, 3.05) is 26.8 Å². The number of esters is 2. The second-order valence-corrected chi connectivity index (χ2v) is 7.61. The second kappa shape index (κ2) is 7.00. The van der Waals surface area contributed by atoms with Crippen LogP contribution < -0.4 is 0 Å². The minimum Gasteiger partial charge on any atom is -0.438 e. The van der Waals surface area contributed by atoms with Crippen molar-refractivity contribution in [3.63, 3.8) is 0 Å². The monoisotopic (exact) mass is 340 g/mol. The van der Waals surface area contributed by atoms with Gasteiger partial charge in [0.2, 0.25) is 0 Å². The van der Waals surface area contributed by atoms with Crippen LogP contribution in [0.4, 0.5) is 0 Å². The van der Waals surface area contributed by atoms with Gasteiger partial charge in [0, 0.05) is 13.2 Å². The number of carbonyl (C=O) groups is 2. The summed E-state index contributed by atoms with van der Waals surface area (Å²) in [6.07, 6.45) is 4.97. The Labute approximate surface area is 143 Å². The quantitative estimate of drug-likeness (QED) is 0.384. The van der Waals surface area contributed by atoms with E-state index >= 15 is 0 Å². The van der Waals surface area contributed by atoms with Gasteiger partial charge in [0.15, 0.2) is 13.6 Å². The van der Waals surface area contributed by atoms with Crippen LogP contribution in [0.15, 0.2) is 0 Å². The van der Waals surface area contributed by atoms with Crippen LogP contribution in [0.25, 0.3) is 0 Å². The molecule has 4 bridgehead atoms. The molecule has 4 saturated carbocycles. The largest absolute Gasteiger partial charge is 0.438 e. The predicted octanol–water partition coefficient (Wildman–Crippen LogP) is 2.65. The Bertz CT molecular complexity index is 434. The Hall–Kier alpha value is -1.14. The highest BCUT2D eigenvalue weighted by atomic mass is 16.7. The fourth-order valence-electron chi connectivity index (χ4n) is 5.40. The summed E-state index contributed by atoms with van der Waals surface area (Å²) < 4.78 is 21.0. The van der Waals surface area contributed by atoms with Crippen molar-refractivity contribution in [3.05, 3.63) is 0 Å². The normalized spacial score (nSPS) is 36.6. The molecule has 24 heavy (non-hydrogen) atoms. The molecule has 0 amide bonds. The fraction of sp³-hybridized carbons (Fsp3) is 0.889. The summed E-state index contributed by atoms with van der Waals surface area (Å²) >= 11 is 0. The average Bonchev–Trinajstić information content (AvgIpc) is 2.54. The van der Waals surface area contributed by atoms with Crippen molar-refractivity contribution in [3.8, 4) is 0 Å². The minimum atomic E-state index is -0.536. The first-order valence-corrected chi connectivity index (χ1v) is 9.03. The van der Waals surface area contributed by atoms with Crippen molar-refractivity contribution in [2.45, 2.75) is 52.4 Å². The molecular formula is C18H28O6. The van der Waals surface area contributed by atoms with E-state index in [-0.39, 0.29) is 25.5 Å². The Balaban J connectivity index is 1.72. The van der Waals surface area contributed by atoms with Gasteiger partial charge in [-0.3, -0.25) is 9.59 Å². The third kappa shape index (κ3) is 3.18. The van der Waals surface area contributed by atoms with E-state index < -0.39 is 10.8 Å². The summed E-state index contributed by atoms with van der Waals surface area (Å²) in [7, 11) is 0. The van der Waals surface area contributed by atoms with E-state index in [1.165, 1.54) is 0 Å². The maximum Gasteiger partial charge on any atom is 0.314 e. The number of ether oxygens (including phenoxy) is 4. The number of hydrogen-bond acceptors (Lipinski definition) is 6. The van der Waals surface area contributed by atoms with Crippen LogP contribution in [0, 0.1) is 22.7 Å². The van der Waals surface area contributed by atoms with Gasteiger partial charge in [0.05, 0.1) is 10.8 Å². The molecule has 0 aromatic carbocycles. The van der Waals surface area contributed by atoms with E-state index in [1.54, 1.807) is 0 Å². The van der Waals surface area contributed by atoms with Crippen LogP contribution in [0.2, 0.25) is 0 Å². The summed E-state index contributed by atoms with van der Waals surface area (Å²) in [5, 5.41) is 0. The molecule has 4 rings (SSSR count). The third-order valence-electron chi connectivity index (χ3n) is 5.88. The van der Waals surface area contributed by atoms with Crippen molar-refractivity contribution in [1.82, 2.24) is 0 Å². The molecule has 0 aliphatic heterocycles. The van der Waals surface area contributed by atoms with E-state index in [0.717, 1.165) is 32.1 Å². The van der Waals surface area contributed by atoms with Crippen LogP contribution in [0.3, 0.4) is 0 Å². The topological polar surface area (TPSA) is 71.1 Å². The molecular weight excluding hydrogens is 312 g/mol. The first-order chi connectivity index (χ1) is 11.5. The van der Waals surface area contributed by atoms with Gasteiger partial charge in [-0.1, -0.05) is 0 Å². The van der Waals surface area contributed by atoms with E-state index in [2.05, 4.69) is 0 Å². The lowest BCUT2D eigenvalue weighted by molar-refractivity contribution is -0.204. The molecule has 6 nitrogen and oxygen atoms in total. The van der Waals surface area contributed by atoms with Gasteiger partial charge >= 0.3 is 11.9 Å². The minimum absolute atomic E-state index is 0.00575. The smallest absolute Gasteiger partial charge is 0.314 e. The highest BCUT2D eigenvalue weighted by Gasteiger charge is 2.64. The average molecular weight is 340 g/mol. The van der Waals surface area contributed by atoms with Gasteiger partial charge < -0.3 is 18.9 Å². The predicted molar refractivity (Wildman–Crippen MR) is 84.7 cm³/mol. The maximum atomic E-state index is 12.7.